The number of hydrogen-bond acceptors (Lipinski definition) is 7. The molecule has 0 bridgehead atoms. The minimum absolute atomic E-state index is 0.0997. The number of carboxylic acid groups (broad SMARTS) is 1. The number of likely N-dealkylation sites (tertiary alicyclic amines) is 1. The summed E-state index contributed by atoms with van der Waals surface area (Å²) in [6, 6.07) is 3.02. The Morgan fingerprint density at radius 2 is 1.88 bits per heavy atom. The van der Waals surface area contributed by atoms with Crippen molar-refractivity contribution in [2.75, 3.05) is 6.54 Å². The van der Waals surface area contributed by atoms with E-state index in [2.05, 4.69) is 25.6 Å². The van der Waals surface area contributed by atoms with Gasteiger partial charge in [-0.05, 0) is 30.9 Å². The molecule has 4 rings (SSSR count). The van der Waals surface area contributed by atoms with E-state index in [1.54, 1.807) is 6.20 Å². The third-order valence-corrected chi connectivity index (χ3v) is 6.90. The van der Waals surface area contributed by atoms with E-state index in [1.807, 2.05) is 24.3 Å². The monoisotopic (exact) mass is 552 g/mol. The molecule has 1 aromatic carbocycles. The van der Waals surface area contributed by atoms with Gasteiger partial charge >= 0.3 is 5.97 Å². The Bertz CT molecular complexity index is 1390. The Morgan fingerprint density at radius 3 is 2.58 bits per heavy atom. The van der Waals surface area contributed by atoms with Crippen LogP contribution in [0.4, 0.5) is 0 Å². The number of rotatable bonds is 12. The maximum Gasteiger partial charge on any atom is 0.326 e. The van der Waals surface area contributed by atoms with E-state index in [9.17, 15) is 29.1 Å². The minimum Gasteiger partial charge on any atom is -0.480 e. The maximum absolute atomic E-state index is 13.3. The molecular formula is C26H32N8O6. The molecule has 1 fully saturated rings. The number of carboxylic acids is 1. The van der Waals surface area contributed by atoms with E-state index in [0.29, 0.717) is 25.1 Å². The molecule has 0 aliphatic carbocycles. The van der Waals surface area contributed by atoms with Crippen LogP contribution < -0.4 is 22.1 Å². The largest absolute Gasteiger partial charge is 0.480 e. The van der Waals surface area contributed by atoms with Gasteiger partial charge in [-0.2, -0.15) is 0 Å². The molecule has 0 radical (unpaired) electrons. The molecule has 3 heterocycles. The number of aliphatic carboxylic acids is 1. The number of imidazole rings is 1. The minimum atomic E-state index is -1.44. The molecule has 4 atom stereocenters. The van der Waals surface area contributed by atoms with Crippen molar-refractivity contribution in [1.82, 2.24) is 30.5 Å². The Balaban J connectivity index is 1.41. The van der Waals surface area contributed by atoms with Crippen molar-refractivity contribution in [3.8, 4) is 0 Å². The normalized spacial score (nSPS) is 17.2. The van der Waals surface area contributed by atoms with Gasteiger partial charge < -0.3 is 42.1 Å². The number of nitrogens with one attached hydrogen (secondary N) is 4. The number of aromatic amines is 2. The number of para-hydroxylation sites is 1. The third-order valence-electron chi connectivity index (χ3n) is 6.90. The predicted octanol–water partition coefficient (Wildman–Crippen LogP) is -1.08. The predicted molar refractivity (Wildman–Crippen MR) is 142 cm³/mol. The summed E-state index contributed by atoms with van der Waals surface area (Å²) in [5, 5.41) is 15.3. The number of nitrogens with zero attached hydrogens (tertiary/aromatic N) is 2. The average Bonchev–Trinajstić information content (AvgIpc) is 3.69. The van der Waals surface area contributed by atoms with Gasteiger partial charge in [-0.25, -0.2) is 9.78 Å². The van der Waals surface area contributed by atoms with Gasteiger partial charge in [-0.15, -0.1) is 0 Å². The Morgan fingerprint density at radius 1 is 1.10 bits per heavy atom. The first-order chi connectivity index (χ1) is 19.1. The van der Waals surface area contributed by atoms with Gasteiger partial charge in [-0.1, -0.05) is 18.2 Å². The maximum atomic E-state index is 13.3. The van der Waals surface area contributed by atoms with Crippen LogP contribution in [-0.4, -0.2) is 85.3 Å². The van der Waals surface area contributed by atoms with Crippen molar-refractivity contribution in [3.05, 3.63) is 54.2 Å². The fraction of sp³-hybridized carbons (Fsp3) is 0.385. The highest BCUT2D eigenvalue weighted by molar-refractivity contribution is 5.96. The van der Waals surface area contributed by atoms with Gasteiger partial charge in [0.2, 0.25) is 23.6 Å². The van der Waals surface area contributed by atoms with E-state index in [-0.39, 0.29) is 12.8 Å². The lowest BCUT2D eigenvalue weighted by Crippen LogP contribution is -2.57. The van der Waals surface area contributed by atoms with Gasteiger partial charge in [0.15, 0.2) is 0 Å². The smallest absolute Gasteiger partial charge is 0.326 e. The van der Waals surface area contributed by atoms with Crippen LogP contribution in [0.25, 0.3) is 10.9 Å². The Hall–Kier alpha value is -4.72. The fourth-order valence-corrected chi connectivity index (χ4v) is 4.91. The molecular weight excluding hydrogens is 520 g/mol. The van der Waals surface area contributed by atoms with Gasteiger partial charge in [0.05, 0.1) is 18.8 Å². The Labute approximate surface area is 228 Å². The SMILES string of the molecule is NC(=O)CC(NC(=O)C1CCCN1C(=O)C(N)Cc1c[nH]c2ccccc12)C(=O)NC(Cc1cnc[nH]1)C(=O)O. The molecule has 1 aliphatic heterocycles. The van der Waals surface area contributed by atoms with Crippen LogP contribution in [0.15, 0.2) is 43.0 Å². The molecule has 4 amide bonds. The first-order valence-corrected chi connectivity index (χ1v) is 12.8. The lowest BCUT2D eigenvalue weighted by atomic mass is 10.0. The fourth-order valence-electron chi connectivity index (χ4n) is 4.91. The Kier molecular flexibility index (Phi) is 8.79. The number of carbonyl (C=O) groups is 5. The number of amides is 4. The van der Waals surface area contributed by atoms with Gasteiger partial charge in [0, 0.05) is 42.0 Å². The van der Waals surface area contributed by atoms with Gasteiger partial charge in [-0.3, -0.25) is 19.2 Å². The van der Waals surface area contributed by atoms with Crippen LogP contribution in [0.3, 0.4) is 0 Å². The van der Waals surface area contributed by atoms with Crippen molar-refractivity contribution in [2.24, 2.45) is 11.5 Å². The van der Waals surface area contributed by atoms with E-state index in [0.717, 1.165) is 16.5 Å². The molecule has 2 aromatic heterocycles. The summed E-state index contributed by atoms with van der Waals surface area (Å²) in [5.74, 6) is -4.16. The summed E-state index contributed by atoms with van der Waals surface area (Å²) in [7, 11) is 0. The molecule has 1 saturated heterocycles. The molecule has 0 spiro atoms. The van der Waals surface area contributed by atoms with Crippen LogP contribution in [0, 0.1) is 0 Å². The van der Waals surface area contributed by atoms with Crippen molar-refractivity contribution >= 4 is 40.5 Å². The van der Waals surface area contributed by atoms with Gasteiger partial charge in [0.1, 0.15) is 18.1 Å². The standard InChI is InChI=1S/C26H32N8O6/c27-17(8-14-11-30-18-5-2-1-4-16(14)18)25(38)34-7-3-6-21(34)24(37)32-19(10-22(28)35)23(36)33-20(26(39)40)9-15-12-29-13-31-15/h1-2,4-5,11-13,17,19-21,30H,3,6-10,27H2,(H2,28,35)(H,29,31)(H,32,37)(H,33,36)(H,39,40). The molecule has 4 unspecified atom stereocenters. The zero-order valence-electron chi connectivity index (χ0n) is 21.6. The highest BCUT2D eigenvalue weighted by Gasteiger charge is 2.38. The summed E-state index contributed by atoms with van der Waals surface area (Å²) in [4.78, 5) is 74.0. The van der Waals surface area contributed by atoms with Crippen LogP contribution >= 0.6 is 0 Å². The van der Waals surface area contributed by atoms with Crippen LogP contribution in [-0.2, 0) is 36.8 Å². The number of carbonyl (C=O) groups excluding carboxylic acids is 4. The number of hydrogen-bond donors (Lipinski definition) is 7. The number of fused-ring (bicyclic) bond motifs is 1. The summed E-state index contributed by atoms with van der Waals surface area (Å²) >= 11 is 0. The van der Waals surface area contributed by atoms with E-state index in [1.165, 1.54) is 17.4 Å². The molecule has 212 valence electrons. The quantitative estimate of drug-likeness (QED) is 0.146. The lowest BCUT2D eigenvalue weighted by molar-refractivity contribution is -0.143. The molecule has 40 heavy (non-hydrogen) atoms. The topological polar surface area (TPSA) is 229 Å². The summed E-state index contributed by atoms with van der Waals surface area (Å²) in [6.07, 6.45) is 5.06. The number of H-pyrrole nitrogens is 2. The number of benzene rings is 1. The second-order valence-corrected chi connectivity index (χ2v) is 9.77. The average molecular weight is 553 g/mol. The van der Waals surface area contributed by atoms with Gasteiger partial charge in [0.25, 0.3) is 0 Å². The zero-order chi connectivity index (χ0) is 28.8. The van der Waals surface area contributed by atoms with Crippen molar-refractivity contribution in [2.45, 2.75) is 56.3 Å². The summed E-state index contributed by atoms with van der Waals surface area (Å²) in [6.45, 7) is 0.302. The second-order valence-electron chi connectivity index (χ2n) is 9.77. The summed E-state index contributed by atoms with van der Waals surface area (Å²) in [5.41, 5.74) is 13.8. The second kappa shape index (κ2) is 12.4. The van der Waals surface area contributed by atoms with Crippen molar-refractivity contribution < 1.29 is 29.1 Å². The third kappa shape index (κ3) is 6.64. The summed E-state index contributed by atoms with van der Waals surface area (Å²) < 4.78 is 0. The highest BCUT2D eigenvalue weighted by Crippen LogP contribution is 2.22. The molecule has 3 aromatic rings. The number of primary amides is 1. The zero-order valence-corrected chi connectivity index (χ0v) is 21.6. The molecule has 1 aliphatic rings. The van der Waals surface area contributed by atoms with Crippen molar-refractivity contribution in [3.63, 3.8) is 0 Å². The van der Waals surface area contributed by atoms with Crippen molar-refractivity contribution in [1.29, 1.82) is 0 Å². The van der Waals surface area contributed by atoms with E-state index < -0.39 is 60.2 Å². The number of aromatic nitrogens is 3. The van der Waals surface area contributed by atoms with Crippen LogP contribution in [0.1, 0.15) is 30.5 Å². The molecule has 14 heteroatoms. The van der Waals surface area contributed by atoms with E-state index in [4.69, 9.17) is 11.5 Å². The first kappa shape index (κ1) is 28.3. The molecule has 14 nitrogen and oxygen atoms in total. The molecule has 9 N–H and O–H groups in total. The molecule has 0 saturated carbocycles. The highest BCUT2D eigenvalue weighted by atomic mass is 16.4. The van der Waals surface area contributed by atoms with E-state index >= 15 is 0 Å². The van der Waals surface area contributed by atoms with Crippen LogP contribution in [0.5, 0.6) is 0 Å². The van der Waals surface area contributed by atoms with Crippen LogP contribution in [0.2, 0.25) is 0 Å². The number of nitrogens with two attached hydrogens (primary N) is 2. The first-order valence-electron chi connectivity index (χ1n) is 12.8. The lowest BCUT2D eigenvalue weighted by Gasteiger charge is -2.28.